The van der Waals surface area contributed by atoms with Crippen molar-refractivity contribution >= 4 is 6.29 Å². The van der Waals surface area contributed by atoms with E-state index in [9.17, 15) is 9.90 Å². The molecule has 1 N–H and O–H groups in total. The van der Waals surface area contributed by atoms with Gasteiger partial charge in [-0.3, -0.25) is 4.90 Å². The molecule has 2 aromatic carbocycles. The Morgan fingerprint density at radius 3 is 2.43 bits per heavy atom. The third-order valence-corrected chi connectivity index (χ3v) is 4.27. The van der Waals surface area contributed by atoms with Crippen LogP contribution < -0.4 is 0 Å². The van der Waals surface area contributed by atoms with Crippen LogP contribution in [0, 0.1) is 0 Å². The number of aliphatic hydroxyl groups is 1. The number of nitrogens with zero attached hydrogens (tertiary/aromatic N) is 1. The Bertz CT molecular complexity index is 617. The highest BCUT2D eigenvalue weighted by Gasteiger charge is 2.37. The Morgan fingerprint density at radius 2 is 1.78 bits per heavy atom. The Labute approximate surface area is 136 Å². The number of morpholine rings is 1. The fourth-order valence-electron chi connectivity index (χ4n) is 3.05. The number of benzene rings is 2. The minimum absolute atomic E-state index is 0.459. The molecular weight excluding hydrogens is 290 g/mol. The number of aldehydes is 1. The summed E-state index contributed by atoms with van der Waals surface area (Å²) in [6, 6.07) is 18.9. The molecule has 0 bridgehead atoms. The van der Waals surface area contributed by atoms with Crippen LogP contribution in [0.4, 0.5) is 0 Å². The summed E-state index contributed by atoms with van der Waals surface area (Å²) in [4.78, 5) is 13.7. The second-order valence-electron chi connectivity index (χ2n) is 5.77. The van der Waals surface area contributed by atoms with Crippen LogP contribution in [-0.2, 0) is 16.1 Å². The van der Waals surface area contributed by atoms with Crippen molar-refractivity contribution in [2.75, 3.05) is 13.2 Å². The minimum atomic E-state index is -0.815. The van der Waals surface area contributed by atoms with Crippen molar-refractivity contribution < 1.29 is 14.6 Å². The van der Waals surface area contributed by atoms with Gasteiger partial charge in [-0.25, -0.2) is 0 Å². The molecule has 0 aliphatic carbocycles. The van der Waals surface area contributed by atoms with Crippen LogP contribution in [0.3, 0.4) is 0 Å². The van der Waals surface area contributed by atoms with Gasteiger partial charge in [-0.05, 0) is 11.1 Å². The molecule has 3 atom stereocenters. The highest BCUT2D eigenvalue weighted by atomic mass is 16.5. The van der Waals surface area contributed by atoms with Gasteiger partial charge in [0.2, 0.25) is 0 Å². The summed E-state index contributed by atoms with van der Waals surface area (Å²) in [5.74, 6) is 0. The van der Waals surface area contributed by atoms with E-state index >= 15 is 0 Å². The van der Waals surface area contributed by atoms with Gasteiger partial charge in [-0.1, -0.05) is 60.7 Å². The summed E-state index contributed by atoms with van der Waals surface area (Å²) in [7, 11) is 0. The molecule has 2 aromatic rings. The highest BCUT2D eigenvalue weighted by molar-refractivity contribution is 5.59. The summed E-state index contributed by atoms with van der Waals surface area (Å²) < 4.78 is 5.74. The average Bonchev–Trinajstić information content (AvgIpc) is 2.62. The van der Waals surface area contributed by atoms with Crippen LogP contribution in [0.2, 0.25) is 0 Å². The zero-order valence-corrected chi connectivity index (χ0v) is 12.9. The molecule has 0 unspecified atom stereocenters. The SMILES string of the molecule is O=C[C@@H]1[C@H]([C@@H](O)c2ccccc2)OCCN1Cc1ccccc1. The molecule has 120 valence electrons. The smallest absolute Gasteiger partial charge is 0.139 e. The minimum Gasteiger partial charge on any atom is -0.386 e. The molecule has 0 amide bonds. The summed E-state index contributed by atoms with van der Waals surface area (Å²) in [5.41, 5.74) is 1.92. The van der Waals surface area contributed by atoms with Crippen molar-refractivity contribution in [2.24, 2.45) is 0 Å². The third kappa shape index (κ3) is 3.67. The van der Waals surface area contributed by atoms with Crippen LogP contribution in [0.5, 0.6) is 0 Å². The Balaban J connectivity index is 1.77. The third-order valence-electron chi connectivity index (χ3n) is 4.27. The van der Waals surface area contributed by atoms with E-state index in [1.54, 1.807) is 0 Å². The average molecular weight is 311 g/mol. The Kier molecular flexibility index (Phi) is 5.18. The van der Waals surface area contributed by atoms with Crippen LogP contribution in [-0.4, -0.2) is 41.6 Å². The highest BCUT2D eigenvalue weighted by Crippen LogP contribution is 2.27. The van der Waals surface area contributed by atoms with Gasteiger partial charge in [0, 0.05) is 13.1 Å². The summed E-state index contributed by atoms with van der Waals surface area (Å²) >= 11 is 0. The lowest BCUT2D eigenvalue weighted by Crippen LogP contribution is -2.53. The van der Waals surface area contributed by atoms with Gasteiger partial charge >= 0.3 is 0 Å². The molecular formula is C19H21NO3. The second kappa shape index (κ2) is 7.51. The Morgan fingerprint density at radius 1 is 1.13 bits per heavy atom. The van der Waals surface area contributed by atoms with E-state index in [0.717, 1.165) is 17.4 Å². The topological polar surface area (TPSA) is 49.8 Å². The molecule has 3 rings (SSSR count). The number of rotatable bonds is 5. The molecule has 1 aliphatic rings. The van der Waals surface area contributed by atoms with Crippen molar-refractivity contribution in [3.63, 3.8) is 0 Å². The van der Waals surface area contributed by atoms with Crippen molar-refractivity contribution in [3.8, 4) is 0 Å². The van der Waals surface area contributed by atoms with E-state index < -0.39 is 18.2 Å². The molecule has 1 fully saturated rings. The number of carbonyl (C=O) groups excluding carboxylic acids is 1. The first kappa shape index (κ1) is 15.9. The number of carbonyl (C=O) groups is 1. The second-order valence-corrected chi connectivity index (χ2v) is 5.77. The van der Waals surface area contributed by atoms with Gasteiger partial charge in [0.1, 0.15) is 18.5 Å². The van der Waals surface area contributed by atoms with Gasteiger partial charge in [-0.2, -0.15) is 0 Å². The lowest BCUT2D eigenvalue weighted by Gasteiger charge is -2.40. The summed E-state index contributed by atoms with van der Waals surface area (Å²) in [6.07, 6.45) is -0.476. The summed E-state index contributed by atoms with van der Waals surface area (Å²) in [6.45, 7) is 1.85. The molecule has 1 aliphatic heterocycles. The van der Waals surface area contributed by atoms with E-state index in [1.165, 1.54) is 0 Å². The van der Waals surface area contributed by atoms with E-state index in [1.807, 2.05) is 60.7 Å². The van der Waals surface area contributed by atoms with Crippen LogP contribution >= 0.6 is 0 Å². The molecule has 0 radical (unpaired) electrons. The number of hydrogen-bond donors (Lipinski definition) is 1. The van der Waals surface area contributed by atoms with Gasteiger partial charge in [0.25, 0.3) is 0 Å². The van der Waals surface area contributed by atoms with Crippen molar-refractivity contribution in [1.29, 1.82) is 0 Å². The van der Waals surface area contributed by atoms with Gasteiger partial charge in [0.15, 0.2) is 0 Å². The van der Waals surface area contributed by atoms with E-state index in [4.69, 9.17) is 4.74 Å². The molecule has 1 saturated heterocycles. The first-order chi connectivity index (χ1) is 11.3. The number of hydrogen-bond acceptors (Lipinski definition) is 4. The van der Waals surface area contributed by atoms with E-state index in [0.29, 0.717) is 19.7 Å². The predicted octanol–water partition coefficient (Wildman–Crippen LogP) is 2.19. The first-order valence-electron chi connectivity index (χ1n) is 7.87. The normalized spacial score (nSPS) is 23.3. The molecule has 1 heterocycles. The molecule has 0 saturated carbocycles. The molecule has 0 aromatic heterocycles. The van der Waals surface area contributed by atoms with Crippen molar-refractivity contribution in [2.45, 2.75) is 24.8 Å². The molecule has 4 heteroatoms. The largest absolute Gasteiger partial charge is 0.386 e. The lowest BCUT2D eigenvalue weighted by atomic mass is 9.96. The zero-order chi connectivity index (χ0) is 16.1. The van der Waals surface area contributed by atoms with Crippen molar-refractivity contribution in [3.05, 3.63) is 71.8 Å². The van der Waals surface area contributed by atoms with E-state index in [2.05, 4.69) is 4.90 Å². The number of ether oxygens (including phenoxy) is 1. The quantitative estimate of drug-likeness (QED) is 0.860. The Hall–Kier alpha value is -2.01. The fraction of sp³-hybridized carbons (Fsp3) is 0.316. The van der Waals surface area contributed by atoms with Gasteiger partial charge in [0.05, 0.1) is 12.6 Å². The monoisotopic (exact) mass is 311 g/mol. The molecule has 0 spiro atoms. The van der Waals surface area contributed by atoms with Crippen molar-refractivity contribution in [1.82, 2.24) is 4.90 Å². The van der Waals surface area contributed by atoms with Crippen LogP contribution in [0.15, 0.2) is 60.7 Å². The van der Waals surface area contributed by atoms with Gasteiger partial charge < -0.3 is 14.6 Å². The maximum Gasteiger partial charge on any atom is 0.139 e. The first-order valence-corrected chi connectivity index (χ1v) is 7.87. The van der Waals surface area contributed by atoms with Gasteiger partial charge in [-0.15, -0.1) is 0 Å². The van der Waals surface area contributed by atoms with E-state index in [-0.39, 0.29) is 0 Å². The predicted molar refractivity (Wildman–Crippen MR) is 87.8 cm³/mol. The zero-order valence-electron chi connectivity index (χ0n) is 12.9. The standard InChI is InChI=1S/C19H21NO3/c21-14-17-19(18(22)16-9-5-2-6-10-16)23-12-11-20(17)13-15-7-3-1-4-8-15/h1-10,14,17-19,22H,11-13H2/t17-,18+,19-/m1/s1. The maximum absolute atomic E-state index is 11.7. The maximum atomic E-state index is 11.7. The molecule has 4 nitrogen and oxygen atoms in total. The number of aliphatic hydroxyl groups excluding tert-OH is 1. The van der Waals surface area contributed by atoms with Crippen LogP contribution in [0.1, 0.15) is 17.2 Å². The van der Waals surface area contributed by atoms with Crippen LogP contribution in [0.25, 0.3) is 0 Å². The fourth-order valence-corrected chi connectivity index (χ4v) is 3.05. The summed E-state index contributed by atoms with van der Waals surface area (Å²) in [5, 5.41) is 10.6. The molecule has 23 heavy (non-hydrogen) atoms. The lowest BCUT2D eigenvalue weighted by molar-refractivity contribution is -0.143.